The predicted octanol–water partition coefficient (Wildman–Crippen LogP) is 8.20. The average molecular weight is 630 g/mol. The van der Waals surface area contributed by atoms with Crippen LogP contribution in [0.1, 0.15) is 41.6 Å². The lowest BCUT2D eigenvalue weighted by Gasteiger charge is -2.30. The summed E-state index contributed by atoms with van der Waals surface area (Å²) in [6, 6.07) is 2.09. The zero-order valence-corrected chi connectivity index (χ0v) is 22.4. The van der Waals surface area contributed by atoms with Crippen molar-refractivity contribution in [2.45, 2.75) is 49.7 Å². The van der Waals surface area contributed by atoms with Gasteiger partial charge in [0.2, 0.25) is 0 Å². The van der Waals surface area contributed by atoms with Gasteiger partial charge in [-0.1, -0.05) is 34.8 Å². The number of carbonyl (C=O) groups is 1. The number of amides is 1. The summed E-state index contributed by atoms with van der Waals surface area (Å²) in [6.07, 6.45) is -4.72. The fourth-order valence-corrected chi connectivity index (χ4v) is 5.18. The second-order valence-corrected chi connectivity index (χ2v) is 11.0. The van der Waals surface area contributed by atoms with E-state index in [1.807, 2.05) is 4.90 Å². The highest BCUT2D eigenvalue weighted by Gasteiger charge is 2.73. The van der Waals surface area contributed by atoms with Gasteiger partial charge in [-0.2, -0.15) is 31.4 Å². The van der Waals surface area contributed by atoms with Crippen LogP contribution >= 0.6 is 34.8 Å². The van der Waals surface area contributed by atoms with E-state index in [1.54, 1.807) is 0 Å². The molecule has 0 aliphatic heterocycles. The van der Waals surface area contributed by atoms with Gasteiger partial charge in [-0.05, 0) is 49.8 Å². The summed E-state index contributed by atoms with van der Waals surface area (Å²) in [6.45, 7) is 0.637. The van der Waals surface area contributed by atoms with Gasteiger partial charge in [0.25, 0.3) is 5.91 Å². The van der Waals surface area contributed by atoms with Gasteiger partial charge < -0.3 is 4.90 Å². The van der Waals surface area contributed by atoms with Gasteiger partial charge in [0, 0.05) is 41.7 Å². The molecular formula is C25H18Cl3F7N4O. The van der Waals surface area contributed by atoms with E-state index < -0.39 is 33.6 Å². The Morgan fingerprint density at radius 3 is 2.02 bits per heavy atom. The SMILES string of the molecule is O=C(c1cc(-c2cnn(-c3c(Cl)cc(C(F)(C(F)(F)F)C(F)(F)F)cc3Cl)c2)cnc1Cl)N(CC1CC1)C1CC1. The third-order valence-corrected chi connectivity index (χ3v) is 7.69. The van der Waals surface area contributed by atoms with Gasteiger partial charge in [0.1, 0.15) is 10.8 Å². The van der Waals surface area contributed by atoms with Crippen LogP contribution in [0.15, 0.2) is 36.8 Å². The minimum atomic E-state index is -6.33. The van der Waals surface area contributed by atoms with Crippen molar-refractivity contribution in [2.24, 2.45) is 5.92 Å². The van der Waals surface area contributed by atoms with Crippen molar-refractivity contribution in [3.8, 4) is 16.8 Å². The molecule has 2 aliphatic rings. The third-order valence-electron chi connectivity index (χ3n) is 6.81. The maximum absolute atomic E-state index is 14.5. The number of hydrogen-bond acceptors (Lipinski definition) is 3. The normalized spacial score (nSPS) is 16.4. The molecule has 40 heavy (non-hydrogen) atoms. The Morgan fingerprint density at radius 2 is 1.50 bits per heavy atom. The number of pyridine rings is 1. The molecule has 0 atom stereocenters. The molecule has 5 nitrogen and oxygen atoms in total. The van der Waals surface area contributed by atoms with E-state index in [1.165, 1.54) is 24.7 Å². The van der Waals surface area contributed by atoms with E-state index in [9.17, 15) is 35.5 Å². The van der Waals surface area contributed by atoms with Crippen LogP contribution in [0, 0.1) is 5.92 Å². The van der Waals surface area contributed by atoms with Crippen molar-refractivity contribution < 1.29 is 35.5 Å². The summed E-state index contributed by atoms with van der Waals surface area (Å²) in [5, 5.41) is 2.63. The topological polar surface area (TPSA) is 51.0 Å². The highest BCUT2D eigenvalue weighted by molar-refractivity contribution is 6.38. The standard InChI is InChI=1S/C25H18Cl3F7N4O/c26-18-6-15(23(29,24(30,31)32)25(33,34)35)7-19(27)20(18)39-11-14(9-37-39)13-5-17(21(28)36-8-13)22(40)38(16-3-4-16)10-12-1-2-12/h5-9,11-12,16H,1-4,10H2. The zero-order chi connectivity index (χ0) is 29.2. The second kappa shape index (κ2) is 10.1. The van der Waals surface area contributed by atoms with Crippen LogP contribution in [0.5, 0.6) is 0 Å². The summed E-state index contributed by atoms with van der Waals surface area (Å²) in [5.41, 5.74) is -6.87. The van der Waals surface area contributed by atoms with E-state index in [2.05, 4.69) is 10.1 Å². The fourth-order valence-electron chi connectivity index (χ4n) is 4.34. The van der Waals surface area contributed by atoms with Crippen molar-refractivity contribution in [1.82, 2.24) is 19.7 Å². The van der Waals surface area contributed by atoms with Gasteiger partial charge in [-0.25, -0.2) is 14.1 Å². The molecule has 2 aromatic heterocycles. The highest BCUT2D eigenvalue weighted by Crippen LogP contribution is 2.54. The average Bonchev–Trinajstić information content (AvgIpc) is 3.79. The summed E-state index contributed by atoms with van der Waals surface area (Å²) in [7, 11) is 0. The molecule has 0 unspecified atom stereocenters. The molecule has 0 saturated heterocycles. The first-order valence-electron chi connectivity index (χ1n) is 12.0. The van der Waals surface area contributed by atoms with Crippen LogP contribution in [0.25, 0.3) is 16.8 Å². The van der Waals surface area contributed by atoms with Gasteiger partial charge in [-0.3, -0.25) is 4.79 Å². The Hall–Kier alpha value is -2.57. The molecule has 214 valence electrons. The molecule has 15 heteroatoms. The van der Waals surface area contributed by atoms with Crippen molar-refractivity contribution in [2.75, 3.05) is 6.54 Å². The molecule has 3 aromatic rings. The predicted molar refractivity (Wildman–Crippen MR) is 134 cm³/mol. The molecule has 2 heterocycles. The lowest BCUT2D eigenvalue weighted by Crippen LogP contribution is -2.50. The molecule has 5 rings (SSSR count). The van der Waals surface area contributed by atoms with Crippen LogP contribution < -0.4 is 0 Å². The molecule has 2 saturated carbocycles. The molecule has 2 fully saturated rings. The highest BCUT2D eigenvalue weighted by atomic mass is 35.5. The molecule has 1 amide bonds. The molecule has 1 aromatic carbocycles. The van der Waals surface area contributed by atoms with E-state index in [-0.39, 0.29) is 40.5 Å². The van der Waals surface area contributed by atoms with E-state index >= 15 is 0 Å². The Kier molecular flexibility index (Phi) is 7.28. The molecule has 0 radical (unpaired) electrons. The van der Waals surface area contributed by atoms with Crippen LogP contribution in [-0.4, -0.2) is 50.5 Å². The van der Waals surface area contributed by atoms with Gasteiger partial charge in [0.15, 0.2) is 0 Å². The minimum absolute atomic E-state index is 0.00769. The summed E-state index contributed by atoms with van der Waals surface area (Å²) >= 11 is 18.3. The van der Waals surface area contributed by atoms with Gasteiger partial charge in [0.05, 0.1) is 21.8 Å². The summed E-state index contributed by atoms with van der Waals surface area (Å²) < 4.78 is 94.8. The number of hydrogen-bond donors (Lipinski definition) is 0. The molecule has 0 bridgehead atoms. The number of aromatic nitrogens is 3. The molecule has 0 spiro atoms. The van der Waals surface area contributed by atoms with Crippen molar-refractivity contribution in [3.63, 3.8) is 0 Å². The van der Waals surface area contributed by atoms with E-state index in [0.29, 0.717) is 23.6 Å². The second-order valence-electron chi connectivity index (χ2n) is 9.81. The van der Waals surface area contributed by atoms with E-state index in [0.717, 1.165) is 30.4 Å². The number of halogens is 10. The maximum Gasteiger partial charge on any atom is 0.435 e. The first-order valence-corrected chi connectivity index (χ1v) is 13.1. The van der Waals surface area contributed by atoms with Gasteiger partial charge >= 0.3 is 18.0 Å². The fraction of sp³-hybridized carbons (Fsp3) is 0.400. The first-order chi connectivity index (χ1) is 18.6. The maximum atomic E-state index is 14.5. The van der Waals surface area contributed by atoms with Crippen LogP contribution in [0.2, 0.25) is 15.2 Å². The molecule has 0 N–H and O–H groups in total. The van der Waals surface area contributed by atoms with Crippen LogP contribution in [0.3, 0.4) is 0 Å². The number of carbonyl (C=O) groups excluding carboxylic acids is 1. The largest absolute Gasteiger partial charge is 0.435 e. The van der Waals surface area contributed by atoms with Crippen molar-refractivity contribution in [1.29, 1.82) is 0 Å². The minimum Gasteiger partial charge on any atom is -0.335 e. The zero-order valence-electron chi connectivity index (χ0n) is 20.1. The smallest absolute Gasteiger partial charge is 0.335 e. The van der Waals surface area contributed by atoms with Crippen LogP contribution in [-0.2, 0) is 5.67 Å². The Morgan fingerprint density at radius 1 is 0.900 bits per heavy atom. The van der Waals surface area contributed by atoms with Crippen molar-refractivity contribution in [3.05, 3.63) is 63.1 Å². The van der Waals surface area contributed by atoms with E-state index in [4.69, 9.17) is 34.8 Å². The Bertz CT molecular complexity index is 1430. The number of alkyl halides is 7. The lowest BCUT2D eigenvalue weighted by atomic mass is 9.94. The molecular weight excluding hydrogens is 612 g/mol. The van der Waals surface area contributed by atoms with Crippen LogP contribution in [0.4, 0.5) is 30.7 Å². The number of nitrogens with zero attached hydrogens (tertiary/aromatic N) is 4. The summed E-state index contributed by atoms with van der Waals surface area (Å²) in [4.78, 5) is 19.2. The summed E-state index contributed by atoms with van der Waals surface area (Å²) in [5.74, 6) is 0.209. The number of rotatable bonds is 7. The Labute approximate surface area is 237 Å². The van der Waals surface area contributed by atoms with Crippen molar-refractivity contribution >= 4 is 40.7 Å². The van der Waals surface area contributed by atoms with Gasteiger partial charge in [-0.15, -0.1) is 0 Å². The monoisotopic (exact) mass is 628 g/mol. The third kappa shape index (κ3) is 5.25. The Balaban J connectivity index is 1.47. The molecule has 2 aliphatic carbocycles. The quantitative estimate of drug-likeness (QED) is 0.196. The lowest BCUT2D eigenvalue weighted by molar-refractivity contribution is -0.348. The first kappa shape index (κ1) is 28.9. The number of benzene rings is 1.